The van der Waals surface area contributed by atoms with Crippen LogP contribution in [0.2, 0.25) is 0 Å². The van der Waals surface area contributed by atoms with Gasteiger partial charge in [-0.3, -0.25) is 4.99 Å². The van der Waals surface area contributed by atoms with Crippen molar-refractivity contribution < 1.29 is 9.26 Å². The second-order valence-corrected chi connectivity index (χ2v) is 6.05. The fourth-order valence-corrected chi connectivity index (χ4v) is 3.03. The monoisotopic (exact) mass is 471 g/mol. The minimum Gasteiger partial charge on any atom is -0.497 e. The lowest BCUT2D eigenvalue weighted by molar-refractivity contribution is 0.410. The van der Waals surface area contributed by atoms with Crippen LogP contribution in [0.4, 0.5) is 5.69 Å². The van der Waals surface area contributed by atoms with Gasteiger partial charge in [-0.15, -0.1) is 24.0 Å². The molecule has 2 heterocycles. The number of anilines is 1. The van der Waals surface area contributed by atoms with E-state index in [2.05, 4.69) is 37.8 Å². The van der Waals surface area contributed by atoms with Gasteiger partial charge in [0.25, 0.3) is 0 Å². The molecular formula is C18H26IN5O2. The van der Waals surface area contributed by atoms with Crippen LogP contribution in [0, 0.1) is 0 Å². The van der Waals surface area contributed by atoms with Crippen LogP contribution in [-0.2, 0) is 6.54 Å². The number of guanidine groups is 1. The fourth-order valence-electron chi connectivity index (χ4n) is 3.03. The van der Waals surface area contributed by atoms with E-state index in [9.17, 15) is 0 Å². The quantitative estimate of drug-likeness (QED) is 0.397. The highest BCUT2D eigenvalue weighted by Gasteiger charge is 2.21. The van der Waals surface area contributed by atoms with Gasteiger partial charge in [0.1, 0.15) is 17.7 Å². The lowest BCUT2D eigenvalue weighted by Gasteiger charge is -2.35. The Morgan fingerprint density at radius 2 is 2.31 bits per heavy atom. The molecule has 0 radical (unpaired) electrons. The van der Waals surface area contributed by atoms with E-state index < -0.39 is 0 Å². The molecule has 0 amide bonds. The van der Waals surface area contributed by atoms with Crippen LogP contribution < -0.4 is 20.3 Å². The third kappa shape index (κ3) is 5.52. The Morgan fingerprint density at radius 3 is 3.04 bits per heavy atom. The number of nitrogens with one attached hydrogen (secondary N) is 2. The first-order chi connectivity index (χ1) is 12.3. The number of hydrogen-bond donors (Lipinski definition) is 2. The molecule has 2 N–H and O–H groups in total. The van der Waals surface area contributed by atoms with Gasteiger partial charge >= 0.3 is 0 Å². The topological polar surface area (TPSA) is 74.9 Å². The van der Waals surface area contributed by atoms with Gasteiger partial charge in [-0.1, -0.05) is 11.2 Å². The van der Waals surface area contributed by atoms with Gasteiger partial charge in [-0.05, 0) is 25.0 Å². The number of nitrogens with zero attached hydrogens (tertiary/aromatic N) is 3. The molecule has 142 valence electrons. The van der Waals surface area contributed by atoms with E-state index in [1.807, 2.05) is 18.2 Å². The van der Waals surface area contributed by atoms with E-state index in [-0.39, 0.29) is 24.0 Å². The zero-order chi connectivity index (χ0) is 17.5. The molecule has 8 heteroatoms. The molecule has 2 aromatic rings. The first-order valence-electron chi connectivity index (χ1n) is 8.54. The number of benzene rings is 1. The summed E-state index contributed by atoms with van der Waals surface area (Å²) >= 11 is 0. The standard InChI is InChI=1S/C18H25N5O2.HI/c1-19-18(20-12-14-8-10-25-22-14)21-15-5-4-9-23(13-15)16-6-3-7-17(11-16)24-2;/h3,6-8,10-11,15H,4-5,9,12-13H2,1-2H3,(H2,19,20,21);1H. The van der Waals surface area contributed by atoms with E-state index in [4.69, 9.17) is 9.26 Å². The van der Waals surface area contributed by atoms with Gasteiger partial charge in [-0.2, -0.15) is 0 Å². The third-order valence-electron chi connectivity index (χ3n) is 4.33. The number of piperidine rings is 1. The molecule has 1 aliphatic rings. The normalized spacial score (nSPS) is 17.4. The predicted octanol–water partition coefficient (Wildman–Crippen LogP) is 2.64. The highest BCUT2D eigenvalue weighted by Crippen LogP contribution is 2.24. The summed E-state index contributed by atoms with van der Waals surface area (Å²) < 4.78 is 10.2. The second-order valence-electron chi connectivity index (χ2n) is 6.05. The Morgan fingerprint density at radius 1 is 1.42 bits per heavy atom. The summed E-state index contributed by atoms with van der Waals surface area (Å²) in [5, 5.41) is 10.7. The first-order valence-corrected chi connectivity index (χ1v) is 8.54. The lowest BCUT2D eigenvalue weighted by Crippen LogP contribution is -2.51. The van der Waals surface area contributed by atoms with Crippen LogP contribution in [0.15, 0.2) is 46.1 Å². The van der Waals surface area contributed by atoms with Crippen molar-refractivity contribution in [3.63, 3.8) is 0 Å². The zero-order valence-corrected chi connectivity index (χ0v) is 17.5. The first kappa shape index (κ1) is 20.3. The van der Waals surface area contributed by atoms with Crippen molar-refractivity contribution in [2.75, 3.05) is 32.1 Å². The van der Waals surface area contributed by atoms with Gasteiger partial charge in [0.15, 0.2) is 5.96 Å². The van der Waals surface area contributed by atoms with E-state index in [0.717, 1.165) is 43.3 Å². The summed E-state index contributed by atoms with van der Waals surface area (Å²) in [5.41, 5.74) is 2.04. The number of rotatable bonds is 5. The minimum atomic E-state index is 0. The SMILES string of the molecule is CN=C(NCc1ccon1)NC1CCCN(c2cccc(OC)c2)C1.I. The molecule has 0 spiro atoms. The molecular weight excluding hydrogens is 445 g/mol. The Kier molecular flexibility index (Phi) is 8.02. The van der Waals surface area contributed by atoms with Crippen molar-refractivity contribution in [2.45, 2.75) is 25.4 Å². The van der Waals surface area contributed by atoms with Crippen molar-refractivity contribution in [1.82, 2.24) is 15.8 Å². The molecule has 1 aliphatic heterocycles. The number of hydrogen-bond acceptors (Lipinski definition) is 5. The van der Waals surface area contributed by atoms with Crippen LogP contribution in [0.1, 0.15) is 18.5 Å². The van der Waals surface area contributed by atoms with E-state index >= 15 is 0 Å². The van der Waals surface area contributed by atoms with Gasteiger partial charge in [0.05, 0.1) is 13.7 Å². The van der Waals surface area contributed by atoms with Crippen LogP contribution in [0.3, 0.4) is 0 Å². The number of methoxy groups -OCH3 is 1. The van der Waals surface area contributed by atoms with Gasteiger partial charge < -0.3 is 24.8 Å². The molecule has 1 saturated heterocycles. The molecule has 7 nitrogen and oxygen atoms in total. The minimum absolute atomic E-state index is 0. The second kappa shape index (κ2) is 10.2. The maximum Gasteiger partial charge on any atom is 0.191 e. The van der Waals surface area contributed by atoms with Crippen molar-refractivity contribution in [2.24, 2.45) is 4.99 Å². The van der Waals surface area contributed by atoms with Crippen molar-refractivity contribution in [3.05, 3.63) is 42.3 Å². The van der Waals surface area contributed by atoms with Crippen molar-refractivity contribution >= 4 is 35.6 Å². The summed E-state index contributed by atoms with van der Waals surface area (Å²) in [6.07, 6.45) is 3.82. The van der Waals surface area contributed by atoms with E-state index in [1.165, 1.54) is 5.69 Å². The zero-order valence-electron chi connectivity index (χ0n) is 15.1. The fraction of sp³-hybridized carbons (Fsp3) is 0.444. The molecule has 0 saturated carbocycles. The highest BCUT2D eigenvalue weighted by molar-refractivity contribution is 14.0. The molecule has 26 heavy (non-hydrogen) atoms. The number of aliphatic imine (C=N–C) groups is 1. The molecule has 1 fully saturated rings. The maximum atomic E-state index is 5.34. The smallest absolute Gasteiger partial charge is 0.191 e. The third-order valence-corrected chi connectivity index (χ3v) is 4.33. The number of aromatic nitrogens is 1. The Bertz CT molecular complexity index is 693. The van der Waals surface area contributed by atoms with Crippen LogP contribution in [0.5, 0.6) is 5.75 Å². The average molecular weight is 471 g/mol. The van der Waals surface area contributed by atoms with Crippen LogP contribution in [0.25, 0.3) is 0 Å². The summed E-state index contributed by atoms with van der Waals surface area (Å²) in [6, 6.07) is 10.4. The maximum absolute atomic E-state index is 5.34. The number of halogens is 1. The van der Waals surface area contributed by atoms with Gasteiger partial charge in [0, 0.05) is 44.0 Å². The molecule has 1 aromatic carbocycles. The van der Waals surface area contributed by atoms with Crippen molar-refractivity contribution in [3.8, 4) is 5.75 Å². The molecule has 3 rings (SSSR count). The molecule has 1 atom stereocenters. The molecule has 0 bridgehead atoms. The summed E-state index contributed by atoms with van der Waals surface area (Å²) in [6.45, 7) is 2.57. The van der Waals surface area contributed by atoms with E-state index in [1.54, 1.807) is 20.4 Å². The largest absolute Gasteiger partial charge is 0.497 e. The Balaban J connectivity index is 0.00000243. The average Bonchev–Trinajstić information content (AvgIpc) is 3.19. The molecule has 0 aliphatic carbocycles. The summed E-state index contributed by atoms with van der Waals surface area (Å²) in [7, 11) is 3.48. The predicted molar refractivity (Wildman–Crippen MR) is 113 cm³/mol. The summed E-state index contributed by atoms with van der Waals surface area (Å²) in [4.78, 5) is 6.69. The van der Waals surface area contributed by atoms with Crippen molar-refractivity contribution in [1.29, 1.82) is 0 Å². The molecule has 1 unspecified atom stereocenters. The Labute approximate surface area is 171 Å². The van der Waals surface area contributed by atoms with Crippen LogP contribution >= 0.6 is 24.0 Å². The van der Waals surface area contributed by atoms with Gasteiger partial charge in [-0.25, -0.2) is 0 Å². The lowest BCUT2D eigenvalue weighted by atomic mass is 10.0. The van der Waals surface area contributed by atoms with Crippen LogP contribution in [-0.4, -0.2) is 44.4 Å². The molecule has 1 aromatic heterocycles. The van der Waals surface area contributed by atoms with Gasteiger partial charge in [0.2, 0.25) is 0 Å². The highest BCUT2D eigenvalue weighted by atomic mass is 127. The van der Waals surface area contributed by atoms with E-state index in [0.29, 0.717) is 12.6 Å². The summed E-state index contributed by atoms with van der Waals surface area (Å²) in [5.74, 6) is 1.66. The Hall–Kier alpha value is -1.97. The number of ether oxygens (including phenoxy) is 1.